The van der Waals surface area contributed by atoms with E-state index in [-0.39, 0.29) is 6.10 Å². The van der Waals surface area contributed by atoms with E-state index in [4.69, 9.17) is 0 Å². The lowest BCUT2D eigenvalue weighted by Gasteiger charge is -2.62. The highest BCUT2D eigenvalue weighted by Gasteiger charge is 2.72. The van der Waals surface area contributed by atoms with Gasteiger partial charge in [0.2, 0.25) is 0 Å². The lowest BCUT2D eigenvalue weighted by Crippen LogP contribution is -2.55. The van der Waals surface area contributed by atoms with Crippen molar-refractivity contribution in [3.63, 3.8) is 0 Å². The van der Waals surface area contributed by atoms with Gasteiger partial charge in [0.25, 0.3) is 0 Å². The van der Waals surface area contributed by atoms with Crippen LogP contribution in [-0.2, 0) is 0 Å². The molecule has 206 valence electrons. The SMILES string of the molecule is CC.CC.CC1C2C1C1C3CCC4CC(O)CCC4(C)C3CCC1(C)C2CCCC(C)C(F)(F)F. The Kier molecular flexibility index (Phi) is 9.09. The summed E-state index contributed by atoms with van der Waals surface area (Å²) in [5.41, 5.74) is 0.749. The van der Waals surface area contributed by atoms with Gasteiger partial charge in [-0.2, -0.15) is 13.2 Å². The summed E-state index contributed by atoms with van der Waals surface area (Å²) in [5.74, 6) is 4.94. The van der Waals surface area contributed by atoms with Crippen LogP contribution >= 0.6 is 0 Å². The molecule has 12 atom stereocenters. The van der Waals surface area contributed by atoms with Gasteiger partial charge in [-0.25, -0.2) is 0 Å². The average Bonchev–Trinajstić information content (AvgIpc) is 3.37. The fourth-order valence-corrected chi connectivity index (χ4v) is 10.2. The van der Waals surface area contributed by atoms with Gasteiger partial charge in [-0.1, -0.05) is 61.8 Å². The first-order valence-corrected chi connectivity index (χ1v) is 15.2. The summed E-state index contributed by atoms with van der Waals surface area (Å²) in [6, 6.07) is 0. The fraction of sp³-hybridized carbons (Fsp3) is 1.00. The Morgan fingerprint density at radius 2 is 1.54 bits per heavy atom. The van der Waals surface area contributed by atoms with Crippen molar-refractivity contribution in [2.45, 2.75) is 132 Å². The fourth-order valence-electron chi connectivity index (χ4n) is 10.2. The molecular formula is C31H55F3O. The third-order valence-corrected chi connectivity index (χ3v) is 11.9. The number of hydrogen-bond donors (Lipinski definition) is 1. The molecular weight excluding hydrogens is 445 g/mol. The van der Waals surface area contributed by atoms with Crippen molar-refractivity contribution in [3.05, 3.63) is 0 Å². The molecule has 0 amide bonds. The molecule has 0 radical (unpaired) electrons. The van der Waals surface area contributed by atoms with Crippen LogP contribution in [0, 0.1) is 64.1 Å². The normalized spacial score (nSPS) is 48.5. The molecule has 1 nitrogen and oxygen atoms in total. The van der Waals surface area contributed by atoms with Gasteiger partial charge in [0.05, 0.1) is 12.0 Å². The molecule has 0 saturated heterocycles. The zero-order valence-corrected chi connectivity index (χ0v) is 23.9. The molecule has 1 N–H and O–H groups in total. The minimum absolute atomic E-state index is 0.0914. The van der Waals surface area contributed by atoms with Crippen LogP contribution in [0.2, 0.25) is 0 Å². The Balaban J connectivity index is 0.000000815. The first kappa shape index (κ1) is 29.3. The third kappa shape index (κ3) is 4.97. The second-order valence-corrected chi connectivity index (χ2v) is 13.0. The second kappa shape index (κ2) is 10.9. The molecule has 35 heavy (non-hydrogen) atoms. The molecule has 5 saturated carbocycles. The van der Waals surface area contributed by atoms with Crippen LogP contribution in [0.15, 0.2) is 0 Å². The number of alkyl halides is 3. The van der Waals surface area contributed by atoms with Gasteiger partial charge in [0.1, 0.15) is 0 Å². The summed E-state index contributed by atoms with van der Waals surface area (Å²) in [4.78, 5) is 0. The van der Waals surface area contributed by atoms with Crippen LogP contribution in [-0.4, -0.2) is 17.4 Å². The topological polar surface area (TPSA) is 20.2 Å². The van der Waals surface area contributed by atoms with Crippen LogP contribution in [0.1, 0.15) is 120 Å². The summed E-state index contributed by atoms with van der Waals surface area (Å²) in [6.07, 6.45) is 6.25. The van der Waals surface area contributed by atoms with E-state index in [1.807, 2.05) is 27.7 Å². The van der Waals surface area contributed by atoms with Gasteiger partial charge >= 0.3 is 6.18 Å². The minimum Gasteiger partial charge on any atom is -0.393 e. The number of halogens is 3. The maximum absolute atomic E-state index is 13.0. The van der Waals surface area contributed by atoms with Crippen LogP contribution in [0.4, 0.5) is 13.2 Å². The highest BCUT2D eigenvalue weighted by atomic mass is 19.4. The number of fused-ring (bicyclic) bond motifs is 7. The number of rotatable bonds is 4. The molecule has 0 aromatic carbocycles. The van der Waals surface area contributed by atoms with Gasteiger partial charge < -0.3 is 5.11 Å². The number of hydrogen-bond acceptors (Lipinski definition) is 1. The maximum Gasteiger partial charge on any atom is 0.391 e. The van der Waals surface area contributed by atoms with E-state index >= 15 is 0 Å². The van der Waals surface area contributed by atoms with Gasteiger partial charge in [-0.15, -0.1) is 0 Å². The molecule has 4 heteroatoms. The Morgan fingerprint density at radius 3 is 2.17 bits per heavy atom. The van der Waals surface area contributed by atoms with Crippen LogP contribution in [0.5, 0.6) is 0 Å². The molecule has 5 fully saturated rings. The lowest BCUT2D eigenvalue weighted by molar-refractivity contribution is -0.171. The molecule has 5 aliphatic carbocycles. The Labute approximate surface area is 214 Å². The predicted molar refractivity (Wildman–Crippen MR) is 140 cm³/mol. The van der Waals surface area contributed by atoms with E-state index in [1.54, 1.807) is 0 Å². The van der Waals surface area contributed by atoms with Crippen molar-refractivity contribution in [1.82, 2.24) is 0 Å². The van der Waals surface area contributed by atoms with Crippen molar-refractivity contribution in [2.75, 3.05) is 0 Å². The smallest absolute Gasteiger partial charge is 0.391 e. The first-order chi connectivity index (χ1) is 16.5. The molecule has 0 heterocycles. The standard InChI is InChI=1S/C27H43F3O.2C2H6/c1-15(27(28,29)30)6-5-7-21-22-16(2)23(22)24-19-9-8-17-14-18(31)10-12-25(17,3)20(19)11-13-26(21,24)4;2*1-2/h15-24,31H,5-14H2,1-4H3;2*1-2H3. The largest absolute Gasteiger partial charge is 0.393 e. The summed E-state index contributed by atoms with van der Waals surface area (Å²) in [5, 5.41) is 10.3. The highest BCUT2D eigenvalue weighted by molar-refractivity contribution is 5.20. The van der Waals surface area contributed by atoms with Crippen LogP contribution < -0.4 is 0 Å². The molecule has 5 aliphatic rings. The van der Waals surface area contributed by atoms with Crippen molar-refractivity contribution in [3.8, 4) is 0 Å². The summed E-state index contributed by atoms with van der Waals surface area (Å²) in [6.45, 7) is 16.9. The zero-order chi connectivity index (χ0) is 26.3. The average molecular weight is 501 g/mol. The second-order valence-electron chi connectivity index (χ2n) is 13.0. The Morgan fingerprint density at radius 1 is 0.914 bits per heavy atom. The minimum atomic E-state index is -4.04. The third-order valence-electron chi connectivity index (χ3n) is 11.9. The van der Waals surface area contributed by atoms with E-state index < -0.39 is 12.1 Å². The number of aliphatic hydroxyl groups is 1. The molecule has 12 unspecified atom stereocenters. The monoisotopic (exact) mass is 500 g/mol. The van der Waals surface area contributed by atoms with Crippen molar-refractivity contribution in [1.29, 1.82) is 0 Å². The molecule has 0 bridgehead atoms. The lowest BCUT2D eigenvalue weighted by atomic mass is 9.43. The van der Waals surface area contributed by atoms with Crippen molar-refractivity contribution >= 4 is 0 Å². The van der Waals surface area contributed by atoms with Crippen LogP contribution in [0.25, 0.3) is 0 Å². The maximum atomic E-state index is 13.0. The van der Waals surface area contributed by atoms with Gasteiger partial charge in [-0.3, -0.25) is 0 Å². The first-order valence-electron chi connectivity index (χ1n) is 15.2. The van der Waals surface area contributed by atoms with E-state index in [1.165, 1.54) is 39.0 Å². The van der Waals surface area contributed by atoms with Crippen molar-refractivity contribution < 1.29 is 18.3 Å². The van der Waals surface area contributed by atoms with Gasteiger partial charge in [-0.05, 0) is 116 Å². The van der Waals surface area contributed by atoms with Crippen LogP contribution in [0.3, 0.4) is 0 Å². The van der Waals surface area contributed by atoms with E-state index in [0.29, 0.717) is 29.1 Å². The quantitative estimate of drug-likeness (QED) is 0.407. The van der Waals surface area contributed by atoms with Crippen molar-refractivity contribution in [2.24, 2.45) is 64.1 Å². The highest BCUT2D eigenvalue weighted by Crippen LogP contribution is 2.78. The summed E-state index contributed by atoms with van der Waals surface area (Å²) < 4.78 is 39.0. The van der Waals surface area contributed by atoms with Gasteiger partial charge in [0, 0.05) is 0 Å². The van der Waals surface area contributed by atoms with Gasteiger partial charge in [0.15, 0.2) is 0 Å². The molecule has 0 spiro atoms. The van der Waals surface area contributed by atoms with E-state index in [0.717, 1.165) is 61.2 Å². The molecule has 0 aromatic heterocycles. The molecule has 0 aliphatic heterocycles. The Hall–Kier alpha value is -0.250. The van der Waals surface area contributed by atoms with E-state index in [9.17, 15) is 18.3 Å². The molecule has 0 aromatic rings. The van der Waals surface area contributed by atoms with E-state index in [2.05, 4.69) is 20.8 Å². The number of aliphatic hydroxyl groups excluding tert-OH is 1. The Bertz CT molecular complexity index is 691. The predicted octanol–water partition coefficient (Wildman–Crippen LogP) is 9.53. The summed E-state index contributed by atoms with van der Waals surface area (Å²) in [7, 11) is 0. The zero-order valence-electron chi connectivity index (χ0n) is 23.9. The molecule has 5 rings (SSSR count). The summed E-state index contributed by atoms with van der Waals surface area (Å²) >= 11 is 0.